The summed E-state index contributed by atoms with van der Waals surface area (Å²) in [6.45, 7) is 5.55. The lowest BCUT2D eigenvalue weighted by atomic mass is 10.0. The molecule has 0 aliphatic carbocycles. The average molecular weight is 370 g/mol. The molecule has 2 amide bonds. The molecule has 0 unspecified atom stereocenters. The topological polar surface area (TPSA) is 120 Å². The average Bonchev–Trinajstić information content (AvgIpc) is 3.26. The normalized spacial score (nSPS) is 13.5. The molecular weight excluding hydrogens is 348 g/mol. The first-order chi connectivity index (χ1) is 12.8. The van der Waals surface area contributed by atoms with Crippen LogP contribution in [0.3, 0.4) is 0 Å². The van der Waals surface area contributed by atoms with Crippen molar-refractivity contribution in [2.45, 2.75) is 32.9 Å². The van der Waals surface area contributed by atoms with Crippen LogP contribution in [0.1, 0.15) is 42.9 Å². The lowest BCUT2D eigenvalue weighted by Crippen LogP contribution is -2.50. The van der Waals surface area contributed by atoms with Crippen LogP contribution in [0, 0.1) is 5.92 Å². The van der Waals surface area contributed by atoms with Crippen molar-refractivity contribution in [3.63, 3.8) is 0 Å². The molecule has 0 spiro atoms. The second-order valence-corrected chi connectivity index (χ2v) is 6.79. The molecule has 2 heterocycles. The molecule has 0 radical (unpaired) electrons. The number of carbonyl (C=O) groups is 2. The summed E-state index contributed by atoms with van der Waals surface area (Å²) >= 11 is 0. The third-order valence-electron chi connectivity index (χ3n) is 4.38. The van der Waals surface area contributed by atoms with Gasteiger partial charge >= 0.3 is 5.69 Å². The van der Waals surface area contributed by atoms with E-state index in [9.17, 15) is 14.4 Å². The van der Waals surface area contributed by atoms with E-state index in [4.69, 9.17) is 4.42 Å². The largest absolute Gasteiger partial charge is 0.459 e. The molecule has 8 heteroatoms. The monoisotopic (exact) mass is 370 g/mol. The zero-order chi connectivity index (χ0) is 19.6. The summed E-state index contributed by atoms with van der Waals surface area (Å²) in [5.41, 5.74) is 1.93. The van der Waals surface area contributed by atoms with Crippen LogP contribution in [0.4, 0.5) is 0 Å². The van der Waals surface area contributed by atoms with Gasteiger partial charge in [0, 0.05) is 0 Å². The maximum Gasteiger partial charge on any atom is 0.323 e. The van der Waals surface area contributed by atoms with Crippen LogP contribution in [0.5, 0.6) is 0 Å². The van der Waals surface area contributed by atoms with Crippen molar-refractivity contribution in [3.8, 4) is 0 Å². The number of aromatic nitrogens is 2. The molecule has 0 aliphatic rings. The van der Waals surface area contributed by atoms with Crippen molar-refractivity contribution in [3.05, 3.63) is 58.4 Å². The fourth-order valence-electron chi connectivity index (χ4n) is 2.86. The fourth-order valence-corrected chi connectivity index (χ4v) is 2.86. The number of benzene rings is 1. The van der Waals surface area contributed by atoms with E-state index in [0.717, 1.165) is 5.56 Å². The van der Waals surface area contributed by atoms with E-state index in [0.29, 0.717) is 11.0 Å². The van der Waals surface area contributed by atoms with Crippen molar-refractivity contribution in [1.82, 2.24) is 20.6 Å². The Labute approximate surface area is 155 Å². The van der Waals surface area contributed by atoms with Crippen LogP contribution in [0.15, 0.2) is 45.8 Å². The fraction of sp³-hybridized carbons (Fsp3) is 0.316. The molecule has 0 saturated carbocycles. The molecule has 2 atom stereocenters. The van der Waals surface area contributed by atoms with Gasteiger partial charge in [0.05, 0.1) is 23.3 Å². The molecule has 0 aliphatic heterocycles. The molecule has 0 bridgehead atoms. The Morgan fingerprint density at radius 2 is 1.78 bits per heavy atom. The third kappa shape index (κ3) is 4.11. The molecule has 4 N–H and O–H groups in total. The highest BCUT2D eigenvalue weighted by atomic mass is 16.3. The van der Waals surface area contributed by atoms with Crippen LogP contribution in [0.2, 0.25) is 0 Å². The quantitative estimate of drug-likeness (QED) is 0.531. The molecule has 27 heavy (non-hydrogen) atoms. The number of rotatable bonds is 6. The highest BCUT2D eigenvalue weighted by Gasteiger charge is 2.26. The molecule has 2 aromatic heterocycles. The highest BCUT2D eigenvalue weighted by Crippen LogP contribution is 2.17. The maximum absolute atomic E-state index is 12.7. The third-order valence-corrected chi connectivity index (χ3v) is 4.38. The van der Waals surface area contributed by atoms with Crippen molar-refractivity contribution in [1.29, 1.82) is 0 Å². The predicted octanol–water partition coefficient (Wildman–Crippen LogP) is 2.08. The van der Waals surface area contributed by atoms with Gasteiger partial charge in [-0.2, -0.15) is 0 Å². The van der Waals surface area contributed by atoms with Gasteiger partial charge in [0.2, 0.25) is 5.91 Å². The van der Waals surface area contributed by atoms with E-state index in [1.807, 2.05) is 32.9 Å². The van der Waals surface area contributed by atoms with Gasteiger partial charge in [0.25, 0.3) is 5.91 Å². The zero-order valence-electron chi connectivity index (χ0n) is 15.3. The number of hydrogen-bond acceptors (Lipinski definition) is 4. The number of imidazole rings is 1. The lowest BCUT2D eigenvalue weighted by Gasteiger charge is -2.24. The number of H-pyrrole nitrogens is 2. The Bertz CT molecular complexity index is 1000. The SMILES string of the molecule is CC(C)[C@H](NC(=O)c1ccco1)C(=O)N[C@H](C)c1ccc2[nH]c(=O)[nH]c2c1. The Hall–Kier alpha value is -3.29. The van der Waals surface area contributed by atoms with E-state index < -0.39 is 11.9 Å². The molecule has 8 nitrogen and oxygen atoms in total. The van der Waals surface area contributed by atoms with Gasteiger partial charge in [-0.05, 0) is 42.7 Å². The molecular formula is C19H22N4O4. The Balaban J connectivity index is 1.71. The number of hydrogen-bond donors (Lipinski definition) is 4. The molecule has 3 rings (SSSR count). The van der Waals surface area contributed by atoms with Gasteiger partial charge in [-0.15, -0.1) is 0 Å². The van der Waals surface area contributed by atoms with Gasteiger partial charge in [-0.1, -0.05) is 19.9 Å². The highest BCUT2D eigenvalue weighted by molar-refractivity contribution is 5.95. The first-order valence-electron chi connectivity index (χ1n) is 8.72. The number of nitrogens with one attached hydrogen (secondary N) is 4. The van der Waals surface area contributed by atoms with Crippen LogP contribution in [0.25, 0.3) is 11.0 Å². The minimum absolute atomic E-state index is 0.111. The van der Waals surface area contributed by atoms with Crippen molar-refractivity contribution >= 4 is 22.8 Å². The summed E-state index contributed by atoms with van der Waals surface area (Å²) in [7, 11) is 0. The Kier molecular flexibility index (Phi) is 5.16. The summed E-state index contributed by atoms with van der Waals surface area (Å²) < 4.78 is 5.07. The lowest BCUT2D eigenvalue weighted by molar-refractivity contribution is -0.124. The molecule has 1 aromatic carbocycles. The summed E-state index contributed by atoms with van der Waals surface area (Å²) in [6.07, 6.45) is 1.41. The summed E-state index contributed by atoms with van der Waals surface area (Å²) in [4.78, 5) is 41.7. The number of furan rings is 1. The van der Waals surface area contributed by atoms with Gasteiger partial charge < -0.3 is 25.0 Å². The number of carbonyl (C=O) groups excluding carboxylic acids is 2. The number of fused-ring (bicyclic) bond motifs is 1. The summed E-state index contributed by atoms with van der Waals surface area (Å²) in [5.74, 6) is -0.684. The maximum atomic E-state index is 12.7. The summed E-state index contributed by atoms with van der Waals surface area (Å²) in [6, 6.07) is 7.57. The smallest absolute Gasteiger partial charge is 0.323 e. The molecule has 0 saturated heterocycles. The van der Waals surface area contributed by atoms with Gasteiger partial charge in [0.1, 0.15) is 6.04 Å². The number of amides is 2. The van der Waals surface area contributed by atoms with Crippen LogP contribution < -0.4 is 16.3 Å². The number of aromatic amines is 2. The van der Waals surface area contributed by atoms with Crippen LogP contribution in [-0.2, 0) is 4.79 Å². The standard InChI is InChI=1S/C19H22N4O4/c1-10(2)16(23-17(24)15-5-4-8-27-15)18(25)20-11(3)12-6-7-13-14(9-12)22-19(26)21-13/h4-11,16H,1-3H3,(H,20,25)(H,23,24)(H2,21,22,26)/t11-,16+/m1/s1. The second kappa shape index (κ2) is 7.53. The minimum Gasteiger partial charge on any atom is -0.459 e. The van der Waals surface area contributed by atoms with Crippen LogP contribution >= 0.6 is 0 Å². The van der Waals surface area contributed by atoms with E-state index in [1.54, 1.807) is 18.2 Å². The minimum atomic E-state index is -0.708. The van der Waals surface area contributed by atoms with E-state index in [2.05, 4.69) is 20.6 Å². The molecule has 142 valence electrons. The van der Waals surface area contributed by atoms with Gasteiger partial charge in [0.15, 0.2) is 5.76 Å². The Morgan fingerprint density at radius 1 is 1.04 bits per heavy atom. The van der Waals surface area contributed by atoms with E-state index in [1.165, 1.54) is 6.26 Å². The van der Waals surface area contributed by atoms with Gasteiger partial charge in [-0.3, -0.25) is 9.59 Å². The Morgan fingerprint density at radius 3 is 2.44 bits per heavy atom. The molecule has 3 aromatic rings. The van der Waals surface area contributed by atoms with E-state index >= 15 is 0 Å². The first-order valence-corrected chi connectivity index (χ1v) is 8.72. The second-order valence-electron chi connectivity index (χ2n) is 6.79. The van der Waals surface area contributed by atoms with Gasteiger partial charge in [-0.25, -0.2) is 4.79 Å². The zero-order valence-corrected chi connectivity index (χ0v) is 15.3. The molecule has 0 fully saturated rings. The van der Waals surface area contributed by atoms with Crippen LogP contribution in [-0.4, -0.2) is 27.8 Å². The predicted molar refractivity (Wildman–Crippen MR) is 100 cm³/mol. The van der Waals surface area contributed by atoms with E-state index in [-0.39, 0.29) is 29.3 Å². The first kappa shape index (κ1) is 18.5. The van der Waals surface area contributed by atoms with Crippen molar-refractivity contribution < 1.29 is 14.0 Å². The van der Waals surface area contributed by atoms with Crippen molar-refractivity contribution in [2.24, 2.45) is 5.92 Å². The summed E-state index contributed by atoms with van der Waals surface area (Å²) in [5, 5.41) is 5.62. The van der Waals surface area contributed by atoms with Crippen molar-refractivity contribution in [2.75, 3.05) is 0 Å².